The molecule has 5 heteroatoms. The summed E-state index contributed by atoms with van der Waals surface area (Å²) in [6.07, 6.45) is 8.22. The molecule has 1 heterocycles. The van der Waals surface area contributed by atoms with Crippen LogP contribution in [0.2, 0.25) is 0 Å². The molecule has 0 aliphatic heterocycles. The van der Waals surface area contributed by atoms with Gasteiger partial charge in [0.05, 0.1) is 5.75 Å². The van der Waals surface area contributed by atoms with Crippen molar-refractivity contribution < 1.29 is 8.42 Å². The molecule has 4 nitrogen and oxygen atoms in total. The standard InChI is InChI=1S/C13H22N2O2S/c1-2-18(16,17)8-4-7-15-9-11-5-3-6-13(14)12(11)10-15/h9-10,13H,2-8,14H2,1H3. The molecule has 0 amide bonds. The van der Waals surface area contributed by atoms with Gasteiger partial charge in [-0.25, -0.2) is 8.42 Å². The molecule has 18 heavy (non-hydrogen) atoms. The van der Waals surface area contributed by atoms with E-state index in [1.54, 1.807) is 6.92 Å². The van der Waals surface area contributed by atoms with Crippen LogP contribution in [0.3, 0.4) is 0 Å². The van der Waals surface area contributed by atoms with Crippen molar-refractivity contribution in [2.45, 2.75) is 45.2 Å². The third-order valence-corrected chi connectivity index (χ3v) is 5.46. The molecule has 1 aliphatic carbocycles. The highest BCUT2D eigenvalue weighted by molar-refractivity contribution is 7.91. The fraction of sp³-hybridized carbons (Fsp3) is 0.692. The highest BCUT2D eigenvalue weighted by Crippen LogP contribution is 2.28. The maximum Gasteiger partial charge on any atom is 0.150 e. The monoisotopic (exact) mass is 270 g/mol. The van der Waals surface area contributed by atoms with Crippen LogP contribution >= 0.6 is 0 Å². The van der Waals surface area contributed by atoms with Gasteiger partial charge in [-0.15, -0.1) is 0 Å². The Bertz CT molecular complexity index is 505. The van der Waals surface area contributed by atoms with Gasteiger partial charge in [-0.2, -0.15) is 0 Å². The number of aryl methyl sites for hydroxylation is 2. The predicted octanol–water partition coefficient (Wildman–Crippen LogP) is 1.65. The SMILES string of the molecule is CCS(=O)(=O)CCCn1cc2c(c1)C(N)CCC2. The number of aromatic nitrogens is 1. The smallest absolute Gasteiger partial charge is 0.150 e. The van der Waals surface area contributed by atoms with Crippen LogP contribution in [-0.4, -0.2) is 24.5 Å². The molecule has 2 N–H and O–H groups in total. The summed E-state index contributed by atoms with van der Waals surface area (Å²) >= 11 is 0. The summed E-state index contributed by atoms with van der Waals surface area (Å²) in [5, 5.41) is 0. The van der Waals surface area contributed by atoms with Gasteiger partial charge in [-0.1, -0.05) is 6.92 Å². The highest BCUT2D eigenvalue weighted by atomic mass is 32.2. The fourth-order valence-corrected chi connectivity index (χ4v) is 3.38. The normalized spacial score (nSPS) is 19.8. The molecule has 1 aromatic rings. The van der Waals surface area contributed by atoms with Crippen molar-refractivity contribution in [3.63, 3.8) is 0 Å². The van der Waals surface area contributed by atoms with Crippen LogP contribution < -0.4 is 5.73 Å². The molecule has 0 spiro atoms. The van der Waals surface area contributed by atoms with E-state index in [9.17, 15) is 8.42 Å². The van der Waals surface area contributed by atoms with Gasteiger partial charge >= 0.3 is 0 Å². The van der Waals surface area contributed by atoms with Crippen LogP contribution in [0.4, 0.5) is 0 Å². The van der Waals surface area contributed by atoms with Gasteiger partial charge in [0.25, 0.3) is 0 Å². The predicted molar refractivity (Wildman–Crippen MR) is 73.2 cm³/mol. The fourth-order valence-electron chi connectivity index (χ4n) is 2.52. The first-order chi connectivity index (χ1) is 8.52. The van der Waals surface area contributed by atoms with Gasteiger partial charge in [0.1, 0.15) is 9.84 Å². The van der Waals surface area contributed by atoms with E-state index in [0.717, 1.165) is 25.8 Å². The van der Waals surface area contributed by atoms with Gasteiger partial charge in [-0.05, 0) is 36.8 Å². The summed E-state index contributed by atoms with van der Waals surface area (Å²) in [5.74, 6) is 0.512. The summed E-state index contributed by atoms with van der Waals surface area (Å²) in [7, 11) is -2.84. The minimum atomic E-state index is -2.84. The Hall–Kier alpha value is -0.810. The minimum Gasteiger partial charge on any atom is -0.354 e. The average Bonchev–Trinajstić information content (AvgIpc) is 2.73. The van der Waals surface area contributed by atoms with Gasteiger partial charge < -0.3 is 10.3 Å². The van der Waals surface area contributed by atoms with Crippen molar-refractivity contribution in [3.05, 3.63) is 23.5 Å². The quantitative estimate of drug-likeness (QED) is 0.884. The number of sulfone groups is 1. The van der Waals surface area contributed by atoms with E-state index in [4.69, 9.17) is 5.73 Å². The van der Waals surface area contributed by atoms with E-state index in [1.165, 1.54) is 11.1 Å². The second-order valence-electron chi connectivity index (χ2n) is 5.07. The molecular weight excluding hydrogens is 248 g/mol. The van der Waals surface area contributed by atoms with E-state index in [1.807, 2.05) is 0 Å². The van der Waals surface area contributed by atoms with Crippen molar-refractivity contribution in [2.24, 2.45) is 5.73 Å². The zero-order valence-corrected chi connectivity index (χ0v) is 11.7. The van der Waals surface area contributed by atoms with E-state index in [-0.39, 0.29) is 17.5 Å². The molecule has 1 aromatic heterocycles. The third kappa shape index (κ3) is 3.14. The van der Waals surface area contributed by atoms with Crippen LogP contribution in [0.5, 0.6) is 0 Å². The maximum absolute atomic E-state index is 11.4. The molecular formula is C13H22N2O2S. The maximum atomic E-state index is 11.4. The van der Waals surface area contributed by atoms with Gasteiger partial charge in [0.2, 0.25) is 0 Å². The van der Waals surface area contributed by atoms with Crippen molar-refractivity contribution in [1.29, 1.82) is 0 Å². The lowest BCUT2D eigenvalue weighted by Gasteiger charge is -2.17. The summed E-state index contributed by atoms with van der Waals surface area (Å²) in [6.45, 7) is 2.46. The Morgan fingerprint density at radius 1 is 1.44 bits per heavy atom. The largest absolute Gasteiger partial charge is 0.354 e. The lowest BCUT2D eigenvalue weighted by molar-refractivity contribution is 0.573. The minimum absolute atomic E-state index is 0.161. The second kappa shape index (κ2) is 5.45. The summed E-state index contributed by atoms with van der Waals surface area (Å²) in [4.78, 5) is 0. The average molecular weight is 270 g/mol. The Labute approximate surface area is 109 Å². The number of rotatable bonds is 5. The molecule has 1 unspecified atom stereocenters. The van der Waals surface area contributed by atoms with Crippen molar-refractivity contribution in [2.75, 3.05) is 11.5 Å². The van der Waals surface area contributed by atoms with Crippen LogP contribution in [0.15, 0.2) is 12.4 Å². The highest BCUT2D eigenvalue weighted by Gasteiger charge is 2.18. The van der Waals surface area contributed by atoms with Crippen LogP contribution in [0.25, 0.3) is 0 Å². The number of hydrogen-bond donors (Lipinski definition) is 1. The first-order valence-corrected chi connectivity index (χ1v) is 8.48. The Kier molecular flexibility index (Phi) is 4.12. The van der Waals surface area contributed by atoms with E-state index in [2.05, 4.69) is 17.0 Å². The van der Waals surface area contributed by atoms with E-state index >= 15 is 0 Å². The number of nitrogens with two attached hydrogens (primary N) is 1. The second-order valence-corrected chi connectivity index (χ2v) is 7.54. The first kappa shape index (κ1) is 13.6. The zero-order chi connectivity index (χ0) is 13.2. The lowest BCUT2D eigenvalue weighted by Crippen LogP contribution is -2.15. The molecule has 1 atom stereocenters. The number of hydrogen-bond acceptors (Lipinski definition) is 3. The van der Waals surface area contributed by atoms with Gasteiger partial charge in [0, 0.05) is 30.7 Å². The molecule has 0 saturated carbocycles. The molecule has 0 bridgehead atoms. The van der Waals surface area contributed by atoms with Crippen LogP contribution in [-0.2, 0) is 22.8 Å². The zero-order valence-electron chi connectivity index (χ0n) is 10.9. The van der Waals surface area contributed by atoms with Crippen LogP contribution in [0, 0.1) is 0 Å². The number of fused-ring (bicyclic) bond motifs is 1. The third-order valence-electron chi connectivity index (χ3n) is 3.67. The Morgan fingerprint density at radius 2 is 2.22 bits per heavy atom. The summed E-state index contributed by atoms with van der Waals surface area (Å²) in [6, 6.07) is 0.161. The Morgan fingerprint density at radius 3 is 2.89 bits per heavy atom. The molecule has 102 valence electrons. The number of nitrogens with zero attached hydrogens (tertiary/aromatic N) is 1. The Balaban J connectivity index is 1.95. The molecule has 0 saturated heterocycles. The van der Waals surface area contributed by atoms with E-state index < -0.39 is 9.84 Å². The molecule has 1 aliphatic rings. The molecule has 2 rings (SSSR count). The lowest BCUT2D eigenvalue weighted by atomic mass is 9.92. The van der Waals surface area contributed by atoms with Crippen molar-refractivity contribution in [1.82, 2.24) is 4.57 Å². The van der Waals surface area contributed by atoms with Gasteiger partial charge in [-0.3, -0.25) is 0 Å². The summed E-state index contributed by atoms with van der Waals surface area (Å²) in [5.41, 5.74) is 8.66. The molecule has 0 aromatic carbocycles. The summed E-state index contributed by atoms with van der Waals surface area (Å²) < 4.78 is 24.9. The topological polar surface area (TPSA) is 65.1 Å². The molecule has 0 radical (unpaired) electrons. The van der Waals surface area contributed by atoms with E-state index in [0.29, 0.717) is 6.42 Å². The molecule has 0 fully saturated rings. The first-order valence-electron chi connectivity index (χ1n) is 6.66. The van der Waals surface area contributed by atoms with Crippen molar-refractivity contribution >= 4 is 9.84 Å². The van der Waals surface area contributed by atoms with Crippen LogP contribution in [0.1, 0.15) is 43.4 Å². The van der Waals surface area contributed by atoms with Gasteiger partial charge in [0.15, 0.2) is 0 Å². The van der Waals surface area contributed by atoms with Crippen molar-refractivity contribution in [3.8, 4) is 0 Å².